The molecule has 3 heterocycles. The normalized spacial score (nSPS) is 37.1. The van der Waals surface area contributed by atoms with Gasteiger partial charge in [0.15, 0.2) is 0 Å². The molecule has 3 aliphatic rings. The summed E-state index contributed by atoms with van der Waals surface area (Å²) in [7, 11) is 0. The van der Waals surface area contributed by atoms with Gasteiger partial charge in [-0.3, -0.25) is 4.79 Å². The van der Waals surface area contributed by atoms with E-state index >= 15 is 0 Å². The molecule has 0 spiro atoms. The largest absolute Gasteiger partial charge is 0.381 e. The van der Waals surface area contributed by atoms with E-state index < -0.39 is 0 Å². The lowest BCUT2D eigenvalue weighted by Gasteiger charge is -2.40. The highest BCUT2D eigenvalue weighted by atomic mass is 16.5. The molecule has 1 amide bonds. The quantitative estimate of drug-likeness (QED) is 0.802. The van der Waals surface area contributed by atoms with Crippen LogP contribution >= 0.6 is 0 Å². The molecule has 0 aromatic rings. The van der Waals surface area contributed by atoms with Crippen molar-refractivity contribution >= 4 is 5.91 Å². The average Bonchev–Trinajstić information content (AvgIpc) is 3.11. The van der Waals surface area contributed by atoms with Gasteiger partial charge >= 0.3 is 0 Å². The molecule has 0 radical (unpaired) electrons. The predicted octanol–water partition coefficient (Wildman–Crippen LogP) is 1.16. The van der Waals surface area contributed by atoms with Gasteiger partial charge in [-0.1, -0.05) is 0 Å². The summed E-state index contributed by atoms with van der Waals surface area (Å²) in [6, 6.07) is 0.978. The number of carbonyl (C=O) groups excluding carboxylic acids is 1. The number of amides is 1. The molecule has 3 aliphatic heterocycles. The Bertz CT molecular complexity index is 296. The number of likely N-dealkylation sites (tertiary alicyclic amines) is 1. The van der Waals surface area contributed by atoms with Crippen molar-refractivity contribution in [3.8, 4) is 0 Å². The molecule has 0 aromatic carbocycles. The second kappa shape index (κ2) is 5.57. The van der Waals surface area contributed by atoms with E-state index in [1.807, 2.05) is 0 Å². The third-order valence-corrected chi connectivity index (χ3v) is 4.67. The molecule has 1 N–H and O–H groups in total. The minimum Gasteiger partial charge on any atom is -0.381 e. The Balaban J connectivity index is 1.68. The van der Waals surface area contributed by atoms with Crippen LogP contribution in [0.5, 0.6) is 0 Å². The Kier molecular flexibility index (Phi) is 3.85. The highest BCUT2D eigenvalue weighted by Crippen LogP contribution is 2.27. The van der Waals surface area contributed by atoms with Crippen molar-refractivity contribution in [3.05, 3.63) is 0 Å². The molecule has 0 aromatic heterocycles. The third kappa shape index (κ3) is 2.41. The average molecular weight is 252 g/mol. The number of nitrogens with zero attached hydrogens (tertiary/aromatic N) is 1. The van der Waals surface area contributed by atoms with E-state index in [9.17, 15) is 4.79 Å². The lowest BCUT2D eigenvalue weighted by atomic mass is 9.92. The fraction of sp³-hybridized carbons (Fsp3) is 0.929. The van der Waals surface area contributed by atoms with Crippen LogP contribution in [-0.2, 0) is 9.53 Å². The van der Waals surface area contributed by atoms with E-state index in [2.05, 4.69) is 10.2 Å². The van der Waals surface area contributed by atoms with Gasteiger partial charge in [-0.05, 0) is 45.1 Å². The number of ether oxygens (including phenoxy) is 1. The first-order valence-corrected chi connectivity index (χ1v) is 7.48. The maximum Gasteiger partial charge on any atom is 0.228 e. The van der Waals surface area contributed by atoms with Crippen molar-refractivity contribution in [2.24, 2.45) is 5.92 Å². The molecule has 3 unspecified atom stereocenters. The van der Waals surface area contributed by atoms with E-state index in [-0.39, 0.29) is 5.92 Å². The molecule has 4 nitrogen and oxygen atoms in total. The van der Waals surface area contributed by atoms with E-state index in [1.165, 1.54) is 32.1 Å². The van der Waals surface area contributed by atoms with Gasteiger partial charge in [0.2, 0.25) is 5.91 Å². The highest BCUT2D eigenvalue weighted by molar-refractivity contribution is 5.79. The van der Waals surface area contributed by atoms with Gasteiger partial charge in [-0.2, -0.15) is 0 Å². The summed E-state index contributed by atoms with van der Waals surface area (Å²) in [5.41, 5.74) is 0. The molecule has 0 saturated carbocycles. The summed E-state index contributed by atoms with van der Waals surface area (Å²) in [5, 5.41) is 3.58. The molecular weight excluding hydrogens is 228 g/mol. The number of carbonyl (C=O) groups is 1. The van der Waals surface area contributed by atoms with Gasteiger partial charge in [0.25, 0.3) is 0 Å². The summed E-state index contributed by atoms with van der Waals surface area (Å²) in [5.74, 6) is 0.484. The van der Waals surface area contributed by atoms with Crippen LogP contribution < -0.4 is 5.32 Å². The third-order valence-electron chi connectivity index (χ3n) is 4.67. The zero-order valence-electron chi connectivity index (χ0n) is 11.1. The van der Waals surface area contributed by atoms with Crippen LogP contribution in [0.2, 0.25) is 0 Å². The molecule has 3 atom stereocenters. The van der Waals surface area contributed by atoms with E-state index in [4.69, 9.17) is 4.74 Å². The molecule has 3 saturated heterocycles. The predicted molar refractivity (Wildman–Crippen MR) is 69.3 cm³/mol. The van der Waals surface area contributed by atoms with Crippen LogP contribution in [0.4, 0.5) is 0 Å². The van der Waals surface area contributed by atoms with E-state index in [1.54, 1.807) is 0 Å². The van der Waals surface area contributed by atoms with E-state index in [0.29, 0.717) is 24.6 Å². The summed E-state index contributed by atoms with van der Waals surface area (Å²) < 4.78 is 5.37. The Hall–Kier alpha value is -0.610. The number of hydrogen-bond donors (Lipinski definition) is 1. The van der Waals surface area contributed by atoms with Crippen molar-refractivity contribution in [2.75, 3.05) is 26.3 Å². The number of piperidine rings is 1. The first kappa shape index (κ1) is 12.4. The van der Waals surface area contributed by atoms with Crippen LogP contribution in [0.1, 0.15) is 38.5 Å². The number of rotatable bonds is 2. The maximum absolute atomic E-state index is 12.6. The fourth-order valence-electron chi connectivity index (χ4n) is 3.65. The van der Waals surface area contributed by atoms with Crippen molar-refractivity contribution in [2.45, 2.75) is 50.6 Å². The molecule has 0 bridgehead atoms. The van der Waals surface area contributed by atoms with Crippen LogP contribution in [0.3, 0.4) is 0 Å². The van der Waals surface area contributed by atoms with Gasteiger partial charge in [0, 0.05) is 25.2 Å². The van der Waals surface area contributed by atoms with Crippen LogP contribution in [0.15, 0.2) is 0 Å². The minimum absolute atomic E-state index is 0.131. The maximum atomic E-state index is 12.6. The van der Waals surface area contributed by atoms with Gasteiger partial charge in [-0.25, -0.2) is 0 Å². The summed E-state index contributed by atoms with van der Waals surface area (Å²) in [4.78, 5) is 14.8. The second-order valence-corrected chi connectivity index (χ2v) is 5.86. The minimum atomic E-state index is 0.131. The van der Waals surface area contributed by atoms with Gasteiger partial charge < -0.3 is 15.0 Å². The Morgan fingerprint density at radius 1 is 1.17 bits per heavy atom. The van der Waals surface area contributed by atoms with Crippen molar-refractivity contribution in [1.82, 2.24) is 10.2 Å². The van der Waals surface area contributed by atoms with Crippen LogP contribution in [0, 0.1) is 5.92 Å². The zero-order chi connectivity index (χ0) is 12.4. The Morgan fingerprint density at radius 2 is 2.11 bits per heavy atom. The second-order valence-electron chi connectivity index (χ2n) is 5.86. The molecule has 0 aliphatic carbocycles. The molecule has 3 rings (SSSR count). The molecule has 3 fully saturated rings. The Labute approximate surface area is 109 Å². The molecule has 4 heteroatoms. The lowest BCUT2D eigenvalue weighted by Crippen LogP contribution is -2.54. The first-order chi connectivity index (χ1) is 8.86. The van der Waals surface area contributed by atoms with Gasteiger partial charge in [-0.15, -0.1) is 0 Å². The fourth-order valence-corrected chi connectivity index (χ4v) is 3.65. The van der Waals surface area contributed by atoms with Crippen LogP contribution in [-0.4, -0.2) is 49.2 Å². The lowest BCUT2D eigenvalue weighted by molar-refractivity contribution is -0.140. The SMILES string of the molecule is O=C(C1CCOC1)N1CCCCC1C1CCCN1. The highest BCUT2D eigenvalue weighted by Gasteiger charge is 2.37. The topological polar surface area (TPSA) is 41.6 Å². The first-order valence-electron chi connectivity index (χ1n) is 7.48. The molecule has 18 heavy (non-hydrogen) atoms. The Morgan fingerprint density at radius 3 is 2.83 bits per heavy atom. The number of nitrogens with one attached hydrogen (secondary N) is 1. The van der Waals surface area contributed by atoms with Crippen molar-refractivity contribution in [3.63, 3.8) is 0 Å². The van der Waals surface area contributed by atoms with Crippen LogP contribution in [0.25, 0.3) is 0 Å². The van der Waals surface area contributed by atoms with Crippen molar-refractivity contribution < 1.29 is 9.53 Å². The summed E-state index contributed by atoms with van der Waals surface area (Å²) >= 11 is 0. The summed E-state index contributed by atoms with van der Waals surface area (Å²) in [6.07, 6.45) is 7.03. The van der Waals surface area contributed by atoms with Crippen molar-refractivity contribution in [1.29, 1.82) is 0 Å². The smallest absolute Gasteiger partial charge is 0.228 e. The monoisotopic (exact) mass is 252 g/mol. The zero-order valence-corrected chi connectivity index (χ0v) is 11.1. The standard InChI is InChI=1S/C14H24N2O2/c17-14(11-6-9-18-10-11)16-8-2-1-5-13(16)12-4-3-7-15-12/h11-13,15H,1-10H2. The summed E-state index contributed by atoms with van der Waals surface area (Å²) in [6.45, 7) is 3.48. The van der Waals surface area contributed by atoms with E-state index in [0.717, 1.165) is 26.1 Å². The van der Waals surface area contributed by atoms with Gasteiger partial charge in [0.05, 0.1) is 12.5 Å². The number of hydrogen-bond acceptors (Lipinski definition) is 3. The van der Waals surface area contributed by atoms with Gasteiger partial charge in [0.1, 0.15) is 0 Å². The molecular formula is C14H24N2O2. The molecule has 102 valence electrons.